The molecule has 0 amide bonds. The predicted molar refractivity (Wildman–Crippen MR) is 68.4 cm³/mol. The average molecular weight is 221 g/mol. The first kappa shape index (κ1) is 13.2. The first-order valence-electron chi connectivity index (χ1n) is 5.99. The lowest BCUT2D eigenvalue weighted by atomic mass is 10.1. The van der Waals surface area contributed by atoms with Gasteiger partial charge in [0, 0.05) is 0 Å². The number of rotatable bonds is 6. The molecule has 0 aliphatic heterocycles. The molecule has 0 atom stereocenters. The van der Waals surface area contributed by atoms with Gasteiger partial charge in [-0.25, -0.2) is 0 Å². The minimum absolute atomic E-state index is 0.0318. The van der Waals surface area contributed by atoms with Crippen LogP contribution in [0.2, 0.25) is 0 Å². The molecule has 0 fully saturated rings. The highest BCUT2D eigenvalue weighted by Crippen LogP contribution is 2.16. The van der Waals surface area contributed by atoms with Gasteiger partial charge in [0.1, 0.15) is 0 Å². The maximum atomic E-state index is 5.84. The number of hydrogen-bond acceptors (Lipinski definition) is 2. The average Bonchev–Trinajstić information content (AvgIpc) is 2.29. The Morgan fingerprint density at radius 3 is 2.19 bits per heavy atom. The molecule has 1 rings (SSSR count). The van der Waals surface area contributed by atoms with Crippen LogP contribution in [0, 0.1) is 0 Å². The molecule has 1 aromatic carbocycles. The minimum Gasteiger partial charge on any atom is -0.371 e. The SMILES string of the molecule is CCC(C)(C)OCc1ccc(CCN)cc1. The number of hydrogen-bond donors (Lipinski definition) is 1. The number of ether oxygens (including phenoxy) is 1. The van der Waals surface area contributed by atoms with E-state index < -0.39 is 0 Å². The monoisotopic (exact) mass is 221 g/mol. The summed E-state index contributed by atoms with van der Waals surface area (Å²) < 4.78 is 5.84. The summed E-state index contributed by atoms with van der Waals surface area (Å²) in [4.78, 5) is 0. The van der Waals surface area contributed by atoms with Gasteiger partial charge >= 0.3 is 0 Å². The van der Waals surface area contributed by atoms with Crippen LogP contribution >= 0.6 is 0 Å². The topological polar surface area (TPSA) is 35.2 Å². The van der Waals surface area contributed by atoms with Crippen LogP contribution in [0.1, 0.15) is 38.3 Å². The second-order valence-corrected chi connectivity index (χ2v) is 4.76. The second-order valence-electron chi connectivity index (χ2n) is 4.76. The van der Waals surface area contributed by atoms with E-state index in [2.05, 4.69) is 45.0 Å². The number of nitrogens with two attached hydrogens (primary N) is 1. The van der Waals surface area contributed by atoms with E-state index >= 15 is 0 Å². The summed E-state index contributed by atoms with van der Waals surface area (Å²) in [5.41, 5.74) is 7.99. The highest BCUT2D eigenvalue weighted by atomic mass is 16.5. The molecule has 0 bridgehead atoms. The van der Waals surface area contributed by atoms with Crippen LogP contribution in [0.5, 0.6) is 0 Å². The van der Waals surface area contributed by atoms with Crippen LogP contribution < -0.4 is 5.73 Å². The molecule has 0 heterocycles. The fourth-order valence-electron chi connectivity index (χ4n) is 1.35. The molecule has 90 valence electrons. The van der Waals surface area contributed by atoms with Gasteiger partial charge in [-0.1, -0.05) is 31.2 Å². The maximum absolute atomic E-state index is 5.84. The Bertz CT molecular complexity index is 303. The van der Waals surface area contributed by atoms with Gasteiger partial charge in [0.15, 0.2) is 0 Å². The highest BCUT2D eigenvalue weighted by molar-refractivity contribution is 5.22. The van der Waals surface area contributed by atoms with E-state index in [4.69, 9.17) is 10.5 Å². The molecule has 16 heavy (non-hydrogen) atoms. The van der Waals surface area contributed by atoms with Crippen molar-refractivity contribution in [1.29, 1.82) is 0 Å². The van der Waals surface area contributed by atoms with Crippen molar-refractivity contribution in [1.82, 2.24) is 0 Å². The van der Waals surface area contributed by atoms with Gasteiger partial charge in [0.05, 0.1) is 12.2 Å². The molecular formula is C14H23NO. The Hall–Kier alpha value is -0.860. The van der Waals surface area contributed by atoms with Crippen LogP contribution in [0.15, 0.2) is 24.3 Å². The van der Waals surface area contributed by atoms with E-state index in [0.29, 0.717) is 13.2 Å². The van der Waals surface area contributed by atoms with Crippen molar-refractivity contribution in [3.05, 3.63) is 35.4 Å². The molecule has 2 N–H and O–H groups in total. The lowest BCUT2D eigenvalue weighted by molar-refractivity contribution is -0.0316. The molecule has 0 aliphatic rings. The molecule has 0 aliphatic carbocycles. The predicted octanol–water partition coefficient (Wildman–Crippen LogP) is 2.89. The molecule has 0 saturated carbocycles. The zero-order chi connectivity index (χ0) is 12.0. The third-order valence-corrected chi connectivity index (χ3v) is 2.94. The second kappa shape index (κ2) is 6.02. The van der Waals surface area contributed by atoms with Crippen molar-refractivity contribution in [3.63, 3.8) is 0 Å². The fourth-order valence-corrected chi connectivity index (χ4v) is 1.35. The maximum Gasteiger partial charge on any atom is 0.0724 e. The van der Waals surface area contributed by atoms with Crippen molar-refractivity contribution in [2.24, 2.45) is 5.73 Å². The molecule has 0 saturated heterocycles. The molecule has 2 heteroatoms. The summed E-state index contributed by atoms with van der Waals surface area (Å²) in [5, 5.41) is 0. The van der Waals surface area contributed by atoms with Crippen molar-refractivity contribution < 1.29 is 4.74 Å². The van der Waals surface area contributed by atoms with Gasteiger partial charge in [-0.05, 0) is 44.4 Å². The Morgan fingerprint density at radius 1 is 1.12 bits per heavy atom. The smallest absolute Gasteiger partial charge is 0.0724 e. The minimum atomic E-state index is -0.0318. The van der Waals surface area contributed by atoms with Gasteiger partial charge in [0.25, 0.3) is 0 Å². The van der Waals surface area contributed by atoms with Crippen molar-refractivity contribution >= 4 is 0 Å². The highest BCUT2D eigenvalue weighted by Gasteiger charge is 2.14. The van der Waals surface area contributed by atoms with Crippen molar-refractivity contribution in [2.75, 3.05) is 6.54 Å². The van der Waals surface area contributed by atoms with E-state index in [-0.39, 0.29) is 5.60 Å². The Morgan fingerprint density at radius 2 is 1.69 bits per heavy atom. The van der Waals surface area contributed by atoms with Crippen LogP contribution in [0.25, 0.3) is 0 Å². The van der Waals surface area contributed by atoms with Gasteiger partial charge in [0.2, 0.25) is 0 Å². The summed E-state index contributed by atoms with van der Waals surface area (Å²) in [6.07, 6.45) is 1.97. The Balaban J connectivity index is 2.49. The van der Waals surface area contributed by atoms with Gasteiger partial charge in [-0.15, -0.1) is 0 Å². The van der Waals surface area contributed by atoms with E-state index in [1.54, 1.807) is 0 Å². The third kappa shape index (κ3) is 4.33. The van der Waals surface area contributed by atoms with Gasteiger partial charge in [-0.3, -0.25) is 0 Å². The molecule has 0 radical (unpaired) electrons. The third-order valence-electron chi connectivity index (χ3n) is 2.94. The van der Waals surface area contributed by atoms with Crippen LogP contribution in [0.3, 0.4) is 0 Å². The van der Waals surface area contributed by atoms with E-state index in [1.165, 1.54) is 11.1 Å². The van der Waals surface area contributed by atoms with Gasteiger partial charge in [-0.2, -0.15) is 0 Å². The molecule has 0 unspecified atom stereocenters. The summed E-state index contributed by atoms with van der Waals surface area (Å²) in [5.74, 6) is 0. The Labute approximate surface area is 98.8 Å². The first-order chi connectivity index (χ1) is 7.57. The van der Waals surface area contributed by atoms with Crippen LogP contribution in [0.4, 0.5) is 0 Å². The lowest BCUT2D eigenvalue weighted by Crippen LogP contribution is -2.22. The van der Waals surface area contributed by atoms with Gasteiger partial charge < -0.3 is 10.5 Å². The molecule has 1 aromatic rings. The largest absolute Gasteiger partial charge is 0.371 e. The molecule has 0 aromatic heterocycles. The Kier molecular flexibility index (Phi) is 4.97. The summed E-state index contributed by atoms with van der Waals surface area (Å²) in [6.45, 7) is 7.78. The van der Waals surface area contributed by atoms with E-state index in [9.17, 15) is 0 Å². The van der Waals surface area contributed by atoms with E-state index in [0.717, 1.165) is 12.8 Å². The van der Waals surface area contributed by atoms with E-state index in [1.807, 2.05) is 0 Å². The number of benzene rings is 1. The summed E-state index contributed by atoms with van der Waals surface area (Å²) in [7, 11) is 0. The summed E-state index contributed by atoms with van der Waals surface area (Å²) in [6, 6.07) is 8.50. The van der Waals surface area contributed by atoms with Crippen molar-refractivity contribution in [3.8, 4) is 0 Å². The molecule has 0 spiro atoms. The van der Waals surface area contributed by atoms with Crippen molar-refractivity contribution in [2.45, 2.75) is 45.8 Å². The first-order valence-corrected chi connectivity index (χ1v) is 5.99. The van der Waals surface area contributed by atoms with Crippen LogP contribution in [-0.4, -0.2) is 12.1 Å². The fraction of sp³-hybridized carbons (Fsp3) is 0.571. The lowest BCUT2D eigenvalue weighted by Gasteiger charge is -2.23. The molecular weight excluding hydrogens is 198 g/mol. The zero-order valence-electron chi connectivity index (χ0n) is 10.6. The van der Waals surface area contributed by atoms with Crippen LogP contribution in [-0.2, 0) is 17.8 Å². The summed E-state index contributed by atoms with van der Waals surface area (Å²) >= 11 is 0. The quantitative estimate of drug-likeness (QED) is 0.801. The standard InChI is InChI=1S/C14H23NO/c1-4-14(2,3)16-11-13-7-5-12(6-8-13)9-10-15/h5-8H,4,9-11,15H2,1-3H3. The normalized spacial score (nSPS) is 11.8. The molecule has 2 nitrogen and oxygen atoms in total. The zero-order valence-corrected chi connectivity index (χ0v) is 10.6.